The van der Waals surface area contributed by atoms with Gasteiger partial charge in [-0.15, -0.1) is 0 Å². The summed E-state index contributed by atoms with van der Waals surface area (Å²) in [5, 5.41) is 0. The number of nitrogens with zero attached hydrogens (tertiary/aromatic N) is 4. The van der Waals surface area contributed by atoms with E-state index in [1.165, 1.54) is 5.69 Å². The summed E-state index contributed by atoms with van der Waals surface area (Å²) >= 11 is 0. The molecule has 6 heteroatoms. The molecule has 1 amide bonds. The number of piperazine rings is 1. The van der Waals surface area contributed by atoms with Crippen molar-refractivity contribution in [2.75, 3.05) is 44.2 Å². The number of rotatable bonds is 5. The van der Waals surface area contributed by atoms with Crippen LogP contribution in [-0.4, -0.2) is 66.0 Å². The first kappa shape index (κ1) is 22.2. The van der Waals surface area contributed by atoms with Crippen LogP contribution in [0.3, 0.4) is 0 Å². The van der Waals surface area contributed by atoms with Crippen LogP contribution in [0.5, 0.6) is 0 Å². The Morgan fingerprint density at radius 3 is 2.21 bits per heavy atom. The highest BCUT2D eigenvalue weighted by molar-refractivity contribution is 5.82. The topological polar surface area (TPSA) is 65.7 Å². The number of nitrogens with two attached hydrogens (primary N) is 1. The van der Waals surface area contributed by atoms with Crippen LogP contribution in [0.1, 0.15) is 40.0 Å². The molecule has 156 valence electrons. The SMILES string of the molecule is C=C(C)N1CCC(CC(N)C(=O)N2CCN(c3ccncc3)CC2)CC1.CC. The lowest BCUT2D eigenvalue weighted by Crippen LogP contribution is -2.53. The quantitative estimate of drug-likeness (QED) is 0.841. The second-order valence-electron chi connectivity index (χ2n) is 7.53. The molecule has 1 atom stereocenters. The molecule has 0 spiro atoms. The monoisotopic (exact) mass is 387 g/mol. The van der Waals surface area contributed by atoms with Gasteiger partial charge in [0.2, 0.25) is 5.91 Å². The first-order valence-corrected chi connectivity index (χ1v) is 10.6. The van der Waals surface area contributed by atoms with E-state index in [9.17, 15) is 4.79 Å². The smallest absolute Gasteiger partial charge is 0.239 e. The molecule has 2 saturated heterocycles. The maximum atomic E-state index is 12.7. The van der Waals surface area contributed by atoms with E-state index in [1.54, 1.807) is 0 Å². The Morgan fingerprint density at radius 1 is 1.11 bits per heavy atom. The van der Waals surface area contributed by atoms with E-state index in [-0.39, 0.29) is 11.9 Å². The van der Waals surface area contributed by atoms with Crippen LogP contribution in [0.2, 0.25) is 0 Å². The van der Waals surface area contributed by atoms with Gasteiger partial charge in [-0.2, -0.15) is 0 Å². The molecule has 2 N–H and O–H groups in total. The van der Waals surface area contributed by atoms with Crippen molar-refractivity contribution >= 4 is 11.6 Å². The van der Waals surface area contributed by atoms with Crippen LogP contribution < -0.4 is 10.6 Å². The molecule has 1 aromatic rings. The van der Waals surface area contributed by atoms with E-state index in [2.05, 4.69) is 28.3 Å². The van der Waals surface area contributed by atoms with Gasteiger partial charge in [0, 0.05) is 63.0 Å². The number of aromatic nitrogens is 1. The number of carbonyl (C=O) groups excluding carboxylic acids is 1. The van der Waals surface area contributed by atoms with Crippen LogP contribution in [0.25, 0.3) is 0 Å². The fourth-order valence-corrected chi connectivity index (χ4v) is 3.98. The summed E-state index contributed by atoms with van der Waals surface area (Å²) in [5.74, 6) is 0.657. The summed E-state index contributed by atoms with van der Waals surface area (Å²) in [6.45, 7) is 15.3. The van der Waals surface area contributed by atoms with E-state index < -0.39 is 0 Å². The van der Waals surface area contributed by atoms with Gasteiger partial charge in [-0.25, -0.2) is 0 Å². The Bertz CT molecular complexity index is 605. The first-order chi connectivity index (χ1) is 13.5. The Hall–Kier alpha value is -2.08. The highest BCUT2D eigenvalue weighted by Gasteiger charge is 2.28. The molecule has 0 bridgehead atoms. The van der Waals surface area contributed by atoms with Gasteiger partial charge in [0.25, 0.3) is 0 Å². The van der Waals surface area contributed by atoms with Crippen LogP contribution in [-0.2, 0) is 4.79 Å². The zero-order valence-electron chi connectivity index (χ0n) is 17.8. The summed E-state index contributed by atoms with van der Waals surface area (Å²) in [4.78, 5) is 23.3. The molecule has 2 aliphatic rings. The van der Waals surface area contributed by atoms with Gasteiger partial charge in [-0.3, -0.25) is 9.78 Å². The van der Waals surface area contributed by atoms with Crippen molar-refractivity contribution in [3.05, 3.63) is 36.8 Å². The number of amides is 1. The molecule has 6 nitrogen and oxygen atoms in total. The Morgan fingerprint density at radius 2 is 1.68 bits per heavy atom. The Kier molecular flexibility index (Phi) is 8.77. The van der Waals surface area contributed by atoms with Crippen LogP contribution in [0.15, 0.2) is 36.8 Å². The standard InChI is InChI=1S/C20H31N5O.C2H6/c1-16(2)23-9-5-17(6-10-23)15-19(21)20(26)25-13-11-24(12-14-25)18-3-7-22-8-4-18;1-2/h3-4,7-8,17,19H,1,5-6,9-15,21H2,2H3;1-2H3. The van der Waals surface area contributed by atoms with Gasteiger partial charge in [0.05, 0.1) is 6.04 Å². The van der Waals surface area contributed by atoms with E-state index in [4.69, 9.17) is 5.73 Å². The zero-order valence-corrected chi connectivity index (χ0v) is 17.8. The molecule has 2 aliphatic heterocycles. The number of allylic oxidation sites excluding steroid dienone is 1. The minimum atomic E-state index is -0.371. The minimum Gasteiger partial charge on any atom is -0.376 e. The first-order valence-electron chi connectivity index (χ1n) is 10.6. The van der Waals surface area contributed by atoms with Gasteiger partial charge in [-0.05, 0) is 44.2 Å². The normalized spacial score (nSPS) is 18.9. The Labute approximate surface area is 170 Å². The predicted molar refractivity (Wildman–Crippen MR) is 116 cm³/mol. The van der Waals surface area contributed by atoms with Crippen molar-refractivity contribution in [1.82, 2.24) is 14.8 Å². The summed E-state index contributed by atoms with van der Waals surface area (Å²) < 4.78 is 0. The van der Waals surface area contributed by atoms with E-state index in [1.807, 2.05) is 43.3 Å². The molecule has 28 heavy (non-hydrogen) atoms. The molecule has 3 rings (SSSR count). The predicted octanol–water partition coefficient (Wildman–Crippen LogP) is 2.72. The molecular weight excluding hydrogens is 350 g/mol. The molecule has 0 radical (unpaired) electrons. The van der Waals surface area contributed by atoms with Crippen molar-refractivity contribution < 1.29 is 4.79 Å². The second kappa shape index (κ2) is 11.1. The maximum Gasteiger partial charge on any atom is 0.239 e. The summed E-state index contributed by atoms with van der Waals surface area (Å²) in [5.41, 5.74) is 8.58. The summed E-state index contributed by atoms with van der Waals surface area (Å²) in [6.07, 6.45) is 6.62. The molecule has 0 saturated carbocycles. The zero-order chi connectivity index (χ0) is 20.5. The summed E-state index contributed by atoms with van der Waals surface area (Å²) in [6, 6.07) is 3.66. The number of anilines is 1. The highest BCUT2D eigenvalue weighted by atomic mass is 16.2. The second-order valence-corrected chi connectivity index (χ2v) is 7.53. The maximum absolute atomic E-state index is 12.7. The van der Waals surface area contributed by atoms with Gasteiger partial charge < -0.3 is 20.4 Å². The van der Waals surface area contributed by atoms with Gasteiger partial charge in [0.1, 0.15) is 0 Å². The van der Waals surface area contributed by atoms with Crippen molar-refractivity contribution in [2.45, 2.75) is 46.1 Å². The molecule has 0 aliphatic carbocycles. The van der Waals surface area contributed by atoms with Crippen molar-refractivity contribution in [2.24, 2.45) is 11.7 Å². The molecule has 2 fully saturated rings. The number of piperidine rings is 1. The highest BCUT2D eigenvalue weighted by Crippen LogP contribution is 2.24. The molecule has 0 aromatic carbocycles. The van der Waals surface area contributed by atoms with Gasteiger partial charge in [-0.1, -0.05) is 20.4 Å². The molecule has 1 unspecified atom stereocenters. The van der Waals surface area contributed by atoms with E-state index in [0.29, 0.717) is 5.92 Å². The van der Waals surface area contributed by atoms with Crippen molar-refractivity contribution in [1.29, 1.82) is 0 Å². The summed E-state index contributed by atoms with van der Waals surface area (Å²) in [7, 11) is 0. The number of carbonyl (C=O) groups is 1. The van der Waals surface area contributed by atoms with Gasteiger partial charge in [0.15, 0.2) is 0 Å². The fraction of sp³-hybridized carbons (Fsp3) is 0.636. The average Bonchev–Trinajstić information content (AvgIpc) is 2.75. The lowest BCUT2D eigenvalue weighted by atomic mass is 9.90. The minimum absolute atomic E-state index is 0.113. The van der Waals surface area contributed by atoms with Crippen LogP contribution in [0, 0.1) is 5.92 Å². The molecule has 1 aromatic heterocycles. The Balaban J connectivity index is 0.00000136. The van der Waals surface area contributed by atoms with Crippen molar-refractivity contribution in [3.63, 3.8) is 0 Å². The third-order valence-electron chi connectivity index (χ3n) is 5.68. The van der Waals surface area contributed by atoms with Crippen molar-refractivity contribution in [3.8, 4) is 0 Å². The van der Waals surface area contributed by atoms with Crippen LogP contribution in [0.4, 0.5) is 5.69 Å². The average molecular weight is 388 g/mol. The number of hydrogen-bond donors (Lipinski definition) is 1. The fourth-order valence-electron chi connectivity index (χ4n) is 3.98. The lowest BCUT2D eigenvalue weighted by molar-refractivity contribution is -0.133. The molecule has 3 heterocycles. The lowest BCUT2D eigenvalue weighted by Gasteiger charge is -2.38. The molecular formula is C22H37N5O. The van der Waals surface area contributed by atoms with E-state index in [0.717, 1.165) is 64.2 Å². The third kappa shape index (κ3) is 5.96. The largest absolute Gasteiger partial charge is 0.376 e. The number of likely N-dealkylation sites (tertiary alicyclic amines) is 1. The van der Waals surface area contributed by atoms with Gasteiger partial charge >= 0.3 is 0 Å². The van der Waals surface area contributed by atoms with E-state index >= 15 is 0 Å². The third-order valence-corrected chi connectivity index (χ3v) is 5.68. The number of hydrogen-bond acceptors (Lipinski definition) is 5. The van der Waals surface area contributed by atoms with Crippen LogP contribution >= 0.6 is 0 Å². The number of pyridine rings is 1.